The first-order chi connectivity index (χ1) is 6.57. The highest BCUT2D eigenvalue weighted by Crippen LogP contribution is 2.31. The molecule has 0 saturated carbocycles. The zero-order chi connectivity index (χ0) is 10.7. The third kappa shape index (κ3) is 2.00. The average Bonchev–Trinajstić information content (AvgIpc) is 2.15. The Bertz CT molecular complexity index is 388. The van der Waals surface area contributed by atoms with Gasteiger partial charge < -0.3 is 5.11 Å². The Morgan fingerprint density at radius 1 is 1.71 bits per heavy atom. The molecule has 0 atom stereocenters. The lowest BCUT2D eigenvalue weighted by Gasteiger charge is -2.08. The van der Waals surface area contributed by atoms with Crippen molar-refractivity contribution in [2.24, 2.45) is 4.99 Å². The van der Waals surface area contributed by atoms with Crippen LogP contribution in [0.3, 0.4) is 0 Å². The molecule has 1 N–H and O–H groups in total. The highest BCUT2D eigenvalue weighted by atomic mass is 79.9. The zero-order valence-corrected chi connectivity index (χ0v) is 8.93. The van der Waals surface area contributed by atoms with Crippen molar-refractivity contribution in [1.29, 1.82) is 0 Å². The van der Waals surface area contributed by atoms with E-state index in [0.717, 1.165) is 0 Å². The molecular weight excluding hydrogens is 253 g/mol. The summed E-state index contributed by atoms with van der Waals surface area (Å²) in [5, 5.41) is 9.34. The van der Waals surface area contributed by atoms with Gasteiger partial charge in [-0.15, -0.1) is 0 Å². The van der Waals surface area contributed by atoms with E-state index in [4.69, 9.17) is 0 Å². The molecule has 0 spiro atoms. The van der Waals surface area contributed by atoms with Crippen LogP contribution in [-0.2, 0) is 11.3 Å². The number of phenols is 1. The minimum atomic E-state index is -0.737. The topological polar surface area (TPSA) is 49.7 Å². The molecule has 0 aliphatic carbocycles. The first kappa shape index (κ1) is 10.9. The van der Waals surface area contributed by atoms with E-state index in [1.807, 2.05) is 0 Å². The van der Waals surface area contributed by atoms with Crippen molar-refractivity contribution in [2.75, 3.05) is 0 Å². The zero-order valence-electron chi connectivity index (χ0n) is 7.34. The maximum Gasteiger partial charge on any atom is 0.235 e. The Hall–Kier alpha value is -1.19. The number of rotatable bonds is 2. The Kier molecular flexibility index (Phi) is 3.38. The summed E-state index contributed by atoms with van der Waals surface area (Å²) in [7, 11) is 0. The molecule has 74 valence electrons. The van der Waals surface area contributed by atoms with E-state index in [1.54, 1.807) is 6.92 Å². The summed E-state index contributed by atoms with van der Waals surface area (Å²) in [6.07, 6.45) is 1.34. The first-order valence-electron chi connectivity index (χ1n) is 3.78. The van der Waals surface area contributed by atoms with Gasteiger partial charge in [0.25, 0.3) is 0 Å². The van der Waals surface area contributed by atoms with Crippen LogP contribution in [0, 0.1) is 12.7 Å². The van der Waals surface area contributed by atoms with Crippen molar-refractivity contribution < 1.29 is 14.3 Å². The monoisotopic (exact) mass is 259 g/mol. The molecule has 1 rings (SSSR count). The molecule has 0 aliphatic heterocycles. The minimum absolute atomic E-state index is 0.0719. The summed E-state index contributed by atoms with van der Waals surface area (Å²) in [6, 6.07) is 1.17. The molecule has 0 saturated heterocycles. The van der Waals surface area contributed by atoms with Crippen LogP contribution in [0.4, 0.5) is 4.39 Å². The molecule has 1 aromatic rings. The molecule has 0 aromatic heterocycles. The number of hydrogen-bond donors (Lipinski definition) is 1. The quantitative estimate of drug-likeness (QED) is 0.655. The van der Waals surface area contributed by atoms with E-state index < -0.39 is 11.6 Å². The van der Waals surface area contributed by atoms with Crippen LogP contribution in [0.1, 0.15) is 11.1 Å². The summed E-state index contributed by atoms with van der Waals surface area (Å²) in [5.74, 6) is -1.21. The van der Waals surface area contributed by atoms with Crippen molar-refractivity contribution in [3.8, 4) is 5.75 Å². The second kappa shape index (κ2) is 4.35. The largest absolute Gasteiger partial charge is 0.505 e. The number of hydrogen-bond acceptors (Lipinski definition) is 3. The molecule has 0 unspecified atom stereocenters. The number of nitrogens with zero attached hydrogens (tertiary/aromatic N) is 1. The lowest BCUT2D eigenvalue weighted by molar-refractivity contribution is 0.425. The van der Waals surface area contributed by atoms with Crippen LogP contribution in [-0.4, -0.2) is 11.2 Å². The molecule has 0 radical (unpaired) electrons. The summed E-state index contributed by atoms with van der Waals surface area (Å²) in [4.78, 5) is 13.2. The van der Waals surface area contributed by atoms with E-state index in [1.165, 1.54) is 12.1 Å². The molecule has 14 heavy (non-hydrogen) atoms. The summed E-state index contributed by atoms with van der Waals surface area (Å²) in [6.45, 7) is 1.62. The Morgan fingerprint density at radius 2 is 2.36 bits per heavy atom. The second-order valence-corrected chi connectivity index (χ2v) is 3.55. The molecule has 0 bridgehead atoms. The van der Waals surface area contributed by atoms with E-state index in [2.05, 4.69) is 20.9 Å². The standard InChI is InChI=1S/C9H7BrFNO2/c1-5-6(3-12-4-13)9(14)8(11)2-7(5)10/h2,14H,3H2,1H3. The normalized spacial score (nSPS) is 9.64. The fourth-order valence-corrected chi connectivity index (χ4v) is 1.50. The Morgan fingerprint density at radius 3 is 2.93 bits per heavy atom. The fraction of sp³-hybridized carbons (Fsp3) is 0.222. The van der Waals surface area contributed by atoms with Crippen molar-refractivity contribution in [3.05, 3.63) is 27.5 Å². The summed E-state index contributed by atoms with van der Waals surface area (Å²) in [5.41, 5.74) is 0.947. The maximum atomic E-state index is 13.0. The predicted molar refractivity (Wildman–Crippen MR) is 52.3 cm³/mol. The van der Waals surface area contributed by atoms with E-state index in [-0.39, 0.29) is 6.54 Å². The second-order valence-electron chi connectivity index (χ2n) is 2.70. The van der Waals surface area contributed by atoms with Crippen LogP contribution in [0.25, 0.3) is 0 Å². The van der Waals surface area contributed by atoms with Gasteiger partial charge >= 0.3 is 0 Å². The van der Waals surface area contributed by atoms with E-state index in [0.29, 0.717) is 15.6 Å². The van der Waals surface area contributed by atoms with Crippen molar-refractivity contribution in [2.45, 2.75) is 13.5 Å². The first-order valence-corrected chi connectivity index (χ1v) is 4.57. The summed E-state index contributed by atoms with van der Waals surface area (Å²) >= 11 is 3.13. The van der Waals surface area contributed by atoms with Crippen LogP contribution in [0.5, 0.6) is 5.75 Å². The van der Waals surface area contributed by atoms with Crippen molar-refractivity contribution in [1.82, 2.24) is 0 Å². The molecule has 0 amide bonds. The number of isocyanates is 1. The number of benzene rings is 1. The number of aromatic hydroxyl groups is 1. The van der Waals surface area contributed by atoms with E-state index in [9.17, 15) is 14.3 Å². The van der Waals surface area contributed by atoms with Gasteiger partial charge in [-0.2, -0.15) is 0 Å². The van der Waals surface area contributed by atoms with Crippen LogP contribution >= 0.6 is 15.9 Å². The highest BCUT2D eigenvalue weighted by molar-refractivity contribution is 9.10. The molecular formula is C9H7BrFNO2. The van der Waals surface area contributed by atoms with Gasteiger partial charge in [0.2, 0.25) is 6.08 Å². The fourth-order valence-electron chi connectivity index (χ4n) is 1.06. The maximum absolute atomic E-state index is 13.0. The van der Waals surface area contributed by atoms with Crippen LogP contribution < -0.4 is 0 Å². The van der Waals surface area contributed by atoms with Crippen LogP contribution in [0.15, 0.2) is 15.5 Å². The smallest absolute Gasteiger partial charge is 0.235 e. The van der Waals surface area contributed by atoms with Gasteiger partial charge in [-0.25, -0.2) is 14.2 Å². The predicted octanol–water partition coefficient (Wildman–Crippen LogP) is 2.44. The minimum Gasteiger partial charge on any atom is -0.505 e. The molecule has 0 aliphatic rings. The van der Waals surface area contributed by atoms with Gasteiger partial charge in [-0.05, 0) is 18.6 Å². The Balaban J connectivity index is 3.31. The number of carbonyl (C=O) groups excluding carboxylic acids is 1. The van der Waals surface area contributed by atoms with Gasteiger partial charge in [0.15, 0.2) is 11.6 Å². The van der Waals surface area contributed by atoms with E-state index >= 15 is 0 Å². The van der Waals surface area contributed by atoms with Gasteiger partial charge in [0.05, 0.1) is 6.54 Å². The molecule has 0 fully saturated rings. The lowest BCUT2D eigenvalue weighted by atomic mass is 10.1. The number of halogens is 2. The highest BCUT2D eigenvalue weighted by Gasteiger charge is 2.13. The number of phenolic OH excluding ortho intramolecular Hbond substituents is 1. The van der Waals surface area contributed by atoms with Crippen LogP contribution in [0.2, 0.25) is 0 Å². The van der Waals surface area contributed by atoms with Gasteiger partial charge in [-0.1, -0.05) is 15.9 Å². The lowest BCUT2D eigenvalue weighted by Crippen LogP contribution is -1.93. The van der Waals surface area contributed by atoms with Crippen molar-refractivity contribution in [3.63, 3.8) is 0 Å². The average molecular weight is 260 g/mol. The van der Waals surface area contributed by atoms with Gasteiger partial charge in [0, 0.05) is 10.0 Å². The third-order valence-corrected chi connectivity index (χ3v) is 2.70. The number of aliphatic imine (C=N–C) groups is 1. The molecule has 1 aromatic carbocycles. The van der Waals surface area contributed by atoms with Crippen molar-refractivity contribution >= 4 is 22.0 Å². The van der Waals surface area contributed by atoms with Gasteiger partial charge in [-0.3, -0.25) is 0 Å². The molecule has 3 nitrogen and oxygen atoms in total. The summed E-state index contributed by atoms with van der Waals surface area (Å²) < 4.78 is 13.6. The molecule has 5 heteroatoms. The SMILES string of the molecule is Cc1c(Br)cc(F)c(O)c1CN=C=O. The van der Waals surface area contributed by atoms with Gasteiger partial charge in [0.1, 0.15) is 0 Å². The Labute approximate surface area is 88.4 Å². The molecule has 0 heterocycles. The third-order valence-electron chi connectivity index (χ3n) is 1.88.